The molecule has 0 saturated heterocycles. The number of imide groups is 1. The van der Waals surface area contributed by atoms with Crippen LogP contribution in [-0.4, -0.2) is 41.8 Å². The number of nitrogens with one attached hydrogen (secondary N) is 3. The van der Waals surface area contributed by atoms with Crippen LogP contribution in [0.1, 0.15) is 17.3 Å². The van der Waals surface area contributed by atoms with Crippen molar-refractivity contribution in [3.8, 4) is 0 Å². The maximum atomic E-state index is 12.1. The Kier molecular flexibility index (Phi) is 5.96. The smallest absolute Gasteiger partial charge is 0.339 e. The van der Waals surface area contributed by atoms with Gasteiger partial charge in [0.1, 0.15) is 5.92 Å². The molecule has 0 radical (unpaired) electrons. The lowest BCUT2D eigenvalue weighted by atomic mass is 9.82. The summed E-state index contributed by atoms with van der Waals surface area (Å²) < 4.78 is 4.63. The van der Waals surface area contributed by atoms with Crippen molar-refractivity contribution in [2.45, 2.75) is 12.5 Å². The van der Waals surface area contributed by atoms with Crippen molar-refractivity contribution >= 4 is 29.7 Å². The van der Waals surface area contributed by atoms with Gasteiger partial charge in [-0.3, -0.25) is 10.1 Å². The van der Waals surface area contributed by atoms with Crippen LogP contribution in [0.3, 0.4) is 0 Å². The molecule has 1 aromatic carbocycles. The second-order valence-corrected chi connectivity index (χ2v) is 5.91. The zero-order chi connectivity index (χ0) is 20.0. The Morgan fingerprint density at radius 2 is 1.81 bits per heavy atom. The zero-order valence-electron chi connectivity index (χ0n) is 14.7. The quantitative estimate of drug-likeness (QED) is 0.596. The number of hydrogen-bond acceptors (Lipinski definition) is 5. The standard InChI is InChI=1S/C18H19N3O6/c1-18(10-6-5-8-12(18)14(22)23)21-17(26)20-16(25)19-13-9-4-3-7-11(13)15(24)27-2/h3-10,12H,1-2H3,(H,22,23)(H3,19,20,21,25,26). The van der Waals surface area contributed by atoms with E-state index in [0.717, 1.165) is 0 Å². The summed E-state index contributed by atoms with van der Waals surface area (Å²) in [5.41, 5.74) is -0.937. The Morgan fingerprint density at radius 3 is 2.48 bits per heavy atom. The van der Waals surface area contributed by atoms with Crippen LogP contribution in [0, 0.1) is 5.92 Å². The third-order valence-corrected chi connectivity index (χ3v) is 3.96. The number of amides is 4. The summed E-state index contributed by atoms with van der Waals surface area (Å²) in [5, 5.41) is 16.2. The van der Waals surface area contributed by atoms with Gasteiger partial charge >= 0.3 is 24.0 Å². The van der Waals surface area contributed by atoms with E-state index >= 15 is 0 Å². The summed E-state index contributed by atoms with van der Waals surface area (Å²) >= 11 is 0. The number of rotatable bonds is 4. The fourth-order valence-corrected chi connectivity index (χ4v) is 2.61. The van der Waals surface area contributed by atoms with E-state index in [1.54, 1.807) is 24.3 Å². The molecule has 2 rings (SSSR count). The minimum atomic E-state index is -1.21. The number of carbonyl (C=O) groups is 4. The average molecular weight is 373 g/mol. The van der Waals surface area contributed by atoms with Crippen molar-refractivity contribution in [1.29, 1.82) is 0 Å². The van der Waals surface area contributed by atoms with E-state index in [9.17, 15) is 24.3 Å². The minimum Gasteiger partial charge on any atom is -0.481 e. The van der Waals surface area contributed by atoms with E-state index in [-0.39, 0.29) is 11.3 Å². The van der Waals surface area contributed by atoms with Crippen molar-refractivity contribution in [3.63, 3.8) is 0 Å². The molecule has 0 saturated carbocycles. The lowest BCUT2D eigenvalue weighted by molar-refractivity contribution is -0.141. The molecule has 9 nitrogen and oxygen atoms in total. The first kappa shape index (κ1) is 19.7. The Labute approximate surface area is 155 Å². The van der Waals surface area contributed by atoms with Gasteiger partial charge < -0.3 is 20.5 Å². The molecule has 9 heteroatoms. The molecule has 27 heavy (non-hydrogen) atoms. The van der Waals surface area contributed by atoms with E-state index in [1.807, 2.05) is 5.32 Å². The third-order valence-electron chi connectivity index (χ3n) is 3.96. The number of hydrogen-bond donors (Lipinski definition) is 4. The maximum absolute atomic E-state index is 12.1. The summed E-state index contributed by atoms with van der Waals surface area (Å²) in [6.07, 6.45) is 6.13. The van der Waals surface area contributed by atoms with Crippen molar-refractivity contribution < 1.29 is 29.0 Å². The summed E-state index contributed by atoms with van der Waals surface area (Å²) in [4.78, 5) is 47.3. The summed E-state index contributed by atoms with van der Waals surface area (Å²) in [6.45, 7) is 1.52. The fourth-order valence-electron chi connectivity index (χ4n) is 2.61. The molecule has 4 amide bonds. The molecule has 0 fully saturated rings. The highest BCUT2D eigenvalue weighted by atomic mass is 16.5. The maximum Gasteiger partial charge on any atom is 0.339 e. The van der Waals surface area contributed by atoms with Crippen molar-refractivity contribution in [3.05, 3.63) is 54.1 Å². The molecular formula is C18H19N3O6. The van der Waals surface area contributed by atoms with E-state index in [2.05, 4.69) is 15.4 Å². The van der Waals surface area contributed by atoms with Crippen LogP contribution in [0.2, 0.25) is 0 Å². The number of anilines is 1. The molecule has 0 spiro atoms. The Hall–Kier alpha value is -3.62. The van der Waals surface area contributed by atoms with E-state index < -0.39 is 35.5 Å². The number of carboxylic acid groups (broad SMARTS) is 1. The molecule has 4 N–H and O–H groups in total. The van der Waals surface area contributed by atoms with Crippen LogP contribution in [0.25, 0.3) is 0 Å². The first-order valence-corrected chi connectivity index (χ1v) is 7.93. The van der Waals surface area contributed by atoms with Gasteiger partial charge in [-0.05, 0) is 19.1 Å². The number of para-hydroxylation sites is 1. The molecule has 142 valence electrons. The predicted molar refractivity (Wildman–Crippen MR) is 96.3 cm³/mol. The molecule has 0 heterocycles. The largest absolute Gasteiger partial charge is 0.481 e. The van der Waals surface area contributed by atoms with Gasteiger partial charge in [0.05, 0.1) is 23.9 Å². The number of urea groups is 2. The van der Waals surface area contributed by atoms with Gasteiger partial charge in [0, 0.05) is 0 Å². The van der Waals surface area contributed by atoms with E-state index in [1.165, 1.54) is 38.3 Å². The van der Waals surface area contributed by atoms with Gasteiger partial charge in [-0.1, -0.05) is 36.4 Å². The highest BCUT2D eigenvalue weighted by molar-refractivity contribution is 6.05. The molecule has 2 atom stereocenters. The van der Waals surface area contributed by atoms with E-state index in [0.29, 0.717) is 0 Å². The van der Waals surface area contributed by atoms with Crippen LogP contribution < -0.4 is 16.0 Å². The highest BCUT2D eigenvalue weighted by Crippen LogP contribution is 2.24. The van der Waals surface area contributed by atoms with Crippen molar-refractivity contribution in [2.75, 3.05) is 12.4 Å². The Bertz CT molecular complexity index is 832. The summed E-state index contributed by atoms with van der Waals surface area (Å²) in [5.74, 6) is -2.75. The zero-order valence-corrected chi connectivity index (χ0v) is 14.7. The van der Waals surface area contributed by atoms with Gasteiger partial charge in [-0.2, -0.15) is 0 Å². The predicted octanol–water partition coefficient (Wildman–Crippen LogP) is 1.89. The van der Waals surface area contributed by atoms with Crippen LogP contribution >= 0.6 is 0 Å². The van der Waals surface area contributed by atoms with Gasteiger partial charge in [-0.25, -0.2) is 14.4 Å². The van der Waals surface area contributed by atoms with Gasteiger partial charge in [0.25, 0.3) is 0 Å². The van der Waals surface area contributed by atoms with E-state index in [4.69, 9.17) is 0 Å². The molecular weight excluding hydrogens is 354 g/mol. The fraction of sp³-hybridized carbons (Fsp3) is 0.222. The number of benzene rings is 1. The molecule has 2 unspecified atom stereocenters. The SMILES string of the molecule is COC(=O)c1ccccc1NC(=O)NC(=O)NC1(C)C=CC=CC1C(=O)O. The molecule has 0 bridgehead atoms. The van der Waals surface area contributed by atoms with Crippen LogP contribution in [0.15, 0.2) is 48.6 Å². The molecule has 1 aliphatic rings. The number of ether oxygens (including phenoxy) is 1. The second-order valence-electron chi connectivity index (χ2n) is 5.91. The van der Waals surface area contributed by atoms with Crippen LogP contribution in [0.4, 0.5) is 15.3 Å². The van der Waals surface area contributed by atoms with Crippen molar-refractivity contribution in [2.24, 2.45) is 5.92 Å². The highest BCUT2D eigenvalue weighted by Gasteiger charge is 2.38. The topological polar surface area (TPSA) is 134 Å². The first-order chi connectivity index (χ1) is 12.8. The summed E-state index contributed by atoms with van der Waals surface area (Å²) in [6, 6.07) is 4.34. The van der Waals surface area contributed by atoms with Crippen LogP contribution in [0.5, 0.6) is 0 Å². The lowest BCUT2D eigenvalue weighted by Gasteiger charge is -2.33. The molecule has 1 aromatic rings. The van der Waals surface area contributed by atoms with Crippen molar-refractivity contribution in [1.82, 2.24) is 10.6 Å². The van der Waals surface area contributed by atoms with Gasteiger partial charge in [0.15, 0.2) is 0 Å². The number of carbonyl (C=O) groups excluding carboxylic acids is 3. The van der Waals surface area contributed by atoms with Crippen LogP contribution in [-0.2, 0) is 9.53 Å². The molecule has 0 aliphatic heterocycles. The monoisotopic (exact) mass is 373 g/mol. The molecule has 0 aromatic heterocycles. The first-order valence-electron chi connectivity index (χ1n) is 7.93. The number of methoxy groups -OCH3 is 1. The average Bonchev–Trinajstić information content (AvgIpc) is 2.60. The number of esters is 1. The third kappa shape index (κ3) is 4.72. The summed E-state index contributed by atoms with van der Waals surface area (Å²) in [7, 11) is 1.21. The normalized spacial score (nSPS) is 20.4. The number of allylic oxidation sites excluding steroid dienone is 2. The minimum absolute atomic E-state index is 0.119. The Balaban J connectivity index is 2.04. The number of carboxylic acids is 1. The number of aliphatic carboxylic acids is 1. The molecule has 1 aliphatic carbocycles. The van der Waals surface area contributed by atoms with Gasteiger partial charge in [0.2, 0.25) is 0 Å². The second kappa shape index (κ2) is 8.17. The van der Waals surface area contributed by atoms with Gasteiger partial charge in [-0.15, -0.1) is 0 Å². The lowest BCUT2D eigenvalue weighted by Crippen LogP contribution is -2.56. The Morgan fingerprint density at radius 1 is 1.11 bits per heavy atom.